The van der Waals surface area contributed by atoms with Crippen LogP contribution in [0.5, 0.6) is 5.75 Å². The third-order valence-electron chi connectivity index (χ3n) is 5.48. The van der Waals surface area contributed by atoms with Gasteiger partial charge in [0.25, 0.3) is 10.0 Å². The molecule has 1 aliphatic rings. The van der Waals surface area contributed by atoms with Gasteiger partial charge in [0.15, 0.2) is 5.76 Å². The van der Waals surface area contributed by atoms with Crippen LogP contribution in [-0.4, -0.2) is 26.2 Å². The number of benzene rings is 2. The second kappa shape index (κ2) is 7.63. The van der Waals surface area contributed by atoms with Crippen molar-refractivity contribution in [3.8, 4) is 17.1 Å². The SMILES string of the molecule is CC[C@H]1CN(S(=O)(=O)c2cc(-c3onc(C)c3C)ccc2C)c2cc(Cl)ccc2O1. The normalized spacial score (nSPS) is 16.3. The Hall–Kier alpha value is -2.51. The third-order valence-corrected chi connectivity index (χ3v) is 7.64. The summed E-state index contributed by atoms with van der Waals surface area (Å²) in [7, 11) is -3.87. The van der Waals surface area contributed by atoms with Crippen LogP contribution in [0.3, 0.4) is 0 Å². The van der Waals surface area contributed by atoms with E-state index in [2.05, 4.69) is 5.16 Å². The van der Waals surface area contributed by atoms with Crippen molar-refractivity contribution in [1.82, 2.24) is 5.16 Å². The number of fused-ring (bicyclic) bond motifs is 1. The fraction of sp³-hybridized carbons (Fsp3) is 0.318. The van der Waals surface area contributed by atoms with Gasteiger partial charge < -0.3 is 9.26 Å². The molecule has 6 nitrogen and oxygen atoms in total. The number of anilines is 1. The summed E-state index contributed by atoms with van der Waals surface area (Å²) >= 11 is 6.17. The number of aryl methyl sites for hydroxylation is 2. The molecule has 0 N–H and O–H groups in total. The predicted octanol–water partition coefficient (Wildman–Crippen LogP) is 5.29. The van der Waals surface area contributed by atoms with E-state index in [4.69, 9.17) is 20.9 Å². The Morgan fingerprint density at radius 3 is 2.60 bits per heavy atom. The van der Waals surface area contributed by atoms with E-state index in [-0.39, 0.29) is 17.5 Å². The molecule has 158 valence electrons. The molecule has 30 heavy (non-hydrogen) atoms. The molecule has 0 aliphatic carbocycles. The number of rotatable bonds is 4. The molecule has 3 aromatic rings. The molecule has 4 rings (SSSR count). The van der Waals surface area contributed by atoms with Crippen molar-refractivity contribution in [3.05, 3.63) is 58.2 Å². The Bertz CT molecular complexity index is 1220. The van der Waals surface area contributed by atoms with Crippen LogP contribution < -0.4 is 9.04 Å². The van der Waals surface area contributed by atoms with Gasteiger partial charge in [0.2, 0.25) is 0 Å². The lowest BCUT2D eigenvalue weighted by Gasteiger charge is -2.35. The lowest BCUT2D eigenvalue weighted by molar-refractivity contribution is 0.196. The van der Waals surface area contributed by atoms with Gasteiger partial charge in [-0.05, 0) is 57.0 Å². The summed E-state index contributed by atoms with van der Waals surface area (Å²) in [4.78, 5) is 0.219. The average Bonchev–Trinajstić information content (AvgIpc) is 3.06. The Morgan fingerprint density at radius 1 is 1.17 bits per heavy atom. The predicted molar refractivity (Wildman–Crippen MR) is 117 cm³/mol. The monoisotopic (exact) mass is 446 g/mol. The van der Waals surface area contributed by atoms with E-state index in [0.29, 0.717) is 39.8 Å². The first-order valence-electron chi connectivity index (χ1n) is 9.75. The first-order chi connectivity index (χ1) is 14.2. The van der Waals surface area contributed by atoms with Gasteiger partial charge >= 0.3 is 0 Å². The zero-order valence-corrected chi connectivity index (χ0v) is 18.8. The standard InChI is InChI=1S/C22H23ClN2O4S/c1-5-18-12-25(19-11-17(23)8-9-20(19)28-18)30(26,27)21-10-16(7-6-13(21)2)22-14(3)15(4)24-29-22/h6-11,18H,5,12H2,1-4H3/t18-/m0/s1. The van der Waals surface area contributed by atoms with Crippen molar-refractivity contribution in [2.24, 2.45) is 0 Å². The molecular formula is C22H23ClN2O4S. The minimum absolute atomic E-state index is 0.219. The van der Waals surface area contributed by atoms with Crippen molar-refractivity contribution in [2.45, 2.75) is 45.1 Å². The molecule has 2 heterocycles. The number of halogens is 1. The van der Waals surface area contributed by atoms with E-state index in [1.165, 1.54) is 4.31 Å². The van der Waals surface area contributed by atoms with Crippen LogP contribution in [-0.2, 0) is 10.0 Å². The molecule has 0 unspecified atom stereocenters. The maximum absolute atomic E-state index is 13.8. The van der Waals surface area contributed by atoms with Crippen LogP contribution in [0.1, 0.15) is 30.2 Å². The number of ether oxygens (including phenoxy) is 1. The van der Waals surface area contributed by atoms with Crippen molar-refractivity contribution >= 4 is 27.3 Å². The van der Waals surface area contributed by atoms with Crippen molar-refractivity contribution in [1.29, 1.82) is 0 Å². The molecule has 1 aromatic heterocycles. The van der Waals surface area contributed by atoms with E-state index in [0.717, 1.165) is 11.3 Å². The lowest BCUT2D eigenvalue weighted by Crippen LogP contribution is -2.43. The first kappa shape index (κ1) is 20.8. The molecule has 0 saturated carbocycles. The van der Waals surface area contributed by atoms with Gasteiger partial charge in [-0.15, -0.1) is 0 Å². The smallest absolute Gasteiger partial charge is 0.264 e. The van der Waals surface area contributed by atoms with Crippen LogP contribution in [0.4, 0.5) is 5.69 Å². The summed E-state index contributed by atoms with van der Waals surface area (Å²) in [6, 6.07) is 10.3. The number of nitrogens with zero attached hydrogens (tertiary/aromatic N) is 2. The van der Waals surface area contributed by atoms with Crippen LogP contribution >= 0.6 is 11.6 Å². The molecule has 0 spiro atoms. The van der Waals surface area contributed by atoms with Crippen molar-refractivity contribution < 1.29 is 17.7 Å². The summed E-state index contributed by atoms with van der Waals surface area (Å²) in [5.41, 5.74) is 3.43. The molecule has 0 radical (unpaired) electrons. The van der Waals surface area contributed by atoms with E-state index >= 15 is 0 Å². The minimum atomic E-state index is -3.87. The Morgan fingerprint density at radius 2 is 1.93 bits per heavy atom. The quantitative estimate of drug-likeness (QED) is 0.544. The summed E-state index contributed by atoms with van der Waals surface area (Å²) in [6.07, 6.45) is 0.444. The molecule has 0 bridgehead atoms. The summed E-state index contributed by atoms with van der Waals surface area (Å²) in [5.74, 6) is 1.08. The summed E-state index contributed by atoms with van der Waals surface area (Å²) in [6.45, 7) is 7.73. The molecule has 0 amide bonds. The van der Waals surface area contributed by atoms with Gasteiger partial charge in [-0.2, -0.15) is 0 Å². The van der Waals surface area contributed by atoms with E-state index in [1.807, 2.05) is 26.8 Å². The molecular weight excluding hydrogens is 424 g/mol. The van der Waals surface area contributed by atoms with Gasteiger partial charge in [-0.3, -0.25) is 4.31 Å². The fourth-order valence-electron chi connectivity index (χ4n) is 3.55. The summed E-state index contributed by atoms with van der Waals surface area (Å²) in [5, 5.41) is 4.44. The minimum Gasteiger partial charge on any atom is -0.486 e. The van der Waals surface area contributed by atoms with Gasteiger partial charge in [-0.1, -0.05) is 35.8 Å². The number of sulfonamides is 1. The zero-order valence-electron chi connectivity index (χ0n) is 17.3. The first-order valence-corrected chi connectivity index (χ1v) is 11.6. The van der Waals surface area contributed by atoms with Gasteiger partial charge in [-0.25, -0.2) is 8.42 Å². The van der Waals surface area contributed by atoms with Crippen molar-refractivity contribution in [2.75, 3.05) is 10.8 Å². The van der Waals surface area contributed by atoms with Crippen molar-refractivity contribution in [3.63, 3.8) is 0 Å². The van der Waals surface area contributed by atoms with Gasteiger partial charge in [0.05, 0.1) is 22.8 Å². The van der Waals surface area contributed by atoms with Crippen LogP contribution in [0.15, 0.2) is 45.8 Å². The highest BCUT2D eigenvalue weighted by Gasteiger charge is 2.35. The van der Waals surface area contributed by atoms with E-state index in [1.54, 1.807) is 37.3 Å². The third kappa shape index (κ3) is 3.46. The molecule has 1 atom stereocenters. The number of hydrogen-bond donors (Lipinski definition) is 0. The molecule has 1 aliphatic heterocycles. The maximum atomic E-state index is 13.8. The average molecular weight is 447 g/mol. The number of hydrogen-bond acceptors (Lipinski definition) is 5. The van der Waals surface area contributed by atoms with E-state index in [9.17, 15) is 8.42 Å². The number of aromatic nitrogens is 1. The van der Waals surface area contributed by atoms with Crippen LogP contribution in [0.25, 0.3) is 11.3 Å². The Kier molecular flexibility index (Phi) is 5.28. The Balaban J connectivity index is 1.85. The molecule has 2 aromatic carbocycles. The lowest BCUT2D eigenvalue weighted by atomic mass is 10.1. The summed E-state index contributed by atoms with van der Waals surface area (Å²) < 4.78 is 40.4. The topological polar surface area (TPSA) is 72.6 Å². The largest absolute Gasteiger partial charge is 0.486 e. The van der Waals surface area contributed by atoms with E-state index < -0.39 is 10.0 Å². The fourth-order valence-corrected chi connectivity index (χ4v) is 5.47. The molecule has 8 heteroatoms. The second-order valence-corrected chi connectivity index (χ2v) is 9.77. The Labute approximate surface area is 181 Å². The van der Waals surface area contributed by atoms with Gasteiger partial charge in [0, 0.05) is 16.1 Å². The maximum Gasteiger partial charge on any atom is 0.264 e. The highest BCUT2D eigenvalue weighted by atomic mass is 35.5. The van der Waals surface area contributed by atoms with Crippen LogP contribution in [0.2, 0.25) is 5.02 Å². The zero-order chi connectivity index (χ0) is 21.6. The van der Waals surface area contributed by atoms with Crippen LogP contribution in [0, 0.1) is 20.8 Å². The second-order valence-electron chi connectivity index (χ2n) is 7.50. The highest BCUT2D eigenvalue weighted by molar-refractivity contribution is 7.93. The highest BCUT2D eigenvalue weighted by Crippen LogP contribution is 2.40. The molecule has 0 saturated heterocycles. The molecule has 0 fully saturated rings. The van der Waals surface area contributed by atoms with Gasteiger partial charge in [0.1, 0.15) is 11.9 Å².